The van der Waals surface area contributed by atoms with Crippen LogP contribution in [0.4, 0.5) is 5.95 Å². The van der Waals surface area contributed by atoms with Gasteiger partial charge in [-0.25, -0.2) is 4.98 Å². The second-order valence-electron chi connectivity index (χ2n) is 7.55. The topological polar surface area (TPSA) is 83.0 Å². The number of aromatic nitrogens is 3. The Morgan fingerprint density at radius 1 is 1.07 bits per heavy atom. The molecule has 6 nitrogen and oxygen atoms in total. The third-order valence-electron chi connectivity index (χ3n) is 5.58. The van der Waals surface area contributed by atoms with Crippen LogP contribution in [0, 0.1) is 0 Å². The van der Waals surface area contributed by atoms with Crippen LogP contribution in [0.5, 0.6) is 0 Å². The molecule has 2 N–H and O–H groups in total. The van der Waals surface area contributed by atoms with Crippen molar-refractivity contribution in [3.8, 4) is 22.3 Å². The third kappa shape index (κ3) is 3.35. The monoisotopic (exact) mass is 398 g/mol. The summed E-state index contributed by atoms with van der Waals surface area (Å²) in [4.78, 5) is 22.4. The zero-order chi connectivity index (χ0) is 20.5. The lowest BCUT2D eigenvalue weighted by Gasteiger charge is -2.16. The number of fused-ring (bicyclic) bond motifs is 1. The van der Waals surface area contributed by atoms with Gasteiger partial charge in [0.1, 0.15) is 0 Å². The molecule has 1 fully saturated rings. The molecule has 1 aliphatic heterocycles. The number of pyridine rings is 1. The van der Waals surface area contributed by atoms with Crippen LogP contribution in [-0.4, -0.2) is 27.2 Å². The molecule has 5 rings (SSSR count). The van der Waals surface area contributed by atoms with Crippen LogP contribution in [0.15, 0.2) is 71.8 Å². The van der Waals surface area contributed by atoms with Crippen LogP contribution in [0.2, 0.25) is 0 Å². The SMILES string of the molecule is Nc1nc2cc(-c3ccccc3)cc(-c3cccnc3)c2c(=O)n1CC1CCCO1. The molecule has 6 heteroatoms. The van der Waals surface area contributed by atoms with Crippen LogP contribution >= 0.6 is 0 Å². The summed E-state index contributed by atoms with van der Waals surface area (Å²) >= 11 is 0. The van der Waals surface area contributed by atoms with E-state index in [0.29, 0.717) is 17.4 Å². The highest BCUT2D eigenvalue weighted by atomic mass is 16.5. The lowest BCUT2D eigenvalue weighted by atomic mass is 9.96. The van der Waals surface area contributed by atoms with Crippen molar-refractivity contribution in [1.82, 2.24) is 14.5 Å². The summed E-state index contributed by atoms with van der Waals surface area (Å²) in [6, 6.07) is 17.8. The van der Waals surface area contributed by atoms with E-state index in [2.05, 4.69) is 9.97 Å². The molecular weight excluding hydrogens is 376 g/mol. The Morgan fingerprint density at radius 2 is 1.90 bits per heavy atom. The molecule has 0 bridgehead atoms. The third-order valence-corrected chi connectivity index (χ3v) is 5.58. The molecule has 1 unspecified atom stereocenters. The van der Waals surface area contributed by atoms with Gasteiger partial charge >= 0.3 is 0 Å². The summed E-state index contributed by atoms with van der Waals surface area (Å²) in [6.07, 6.45) is 5.41. The lowest BCUT2D eigenvalue weighted by Crippen LogP contribution is -2.29. The van der Waals surface area contributed by atoms with Crippen LogP contribution in [0.25, 0.3) is 33.2 Å². The second kappa shape index (κ2) is 7.72. The second-order valence-corrected chi connectivity index (χ2v) is 7.55. The van der Waals surface area contributed by atoms with Gasteiger partial charge in [0.25, 0.3) is 5.56 Å². The molecular formula is C24H22N4O2. The quantitative estimate of drug-likeness (QED) is 0.564. The molecule has 0 radical (unpaired) electrons. The van der Waals surface area contributed by atoms with E-state index in [4.69, 9.17) is 10.5 Å². The predicted molar refractivity (Wildman–Crippen MR) is 118 cm³/mol. The van der Waals surface area contributed by atoms with Crippen LogP contribution < -0.4 is 11.3 Å². The molecule has 1 atom stereocenters. The Balaban J connectivity index is 1.76. The van der Waals surface area contributed by atoms with Gasteiger partial charge in [-0.3, -0.25) is 14.3 Å². The van der Waals surface area contributed by atoms with Gasteiger partial charge in [-0.1, -0.05) is 36.4 Å². The standard InChI is InChI=1S/C24H22N4O2/c25-24-27-21-13-18(16-6-2-1-3-7-16)12-20(17-8-4-10-26-14-17)22(21)23(29)28(24)15-19-9-5-11-30-19/h1-4,6-8,10,12-14,19H,5,9,11,15H2,(H2,25,27). The molecule has 0 aliphatic carbocycles. The number of nitrogen functional groups attached to an aromatic ring is 1. The van der Waals surface area contributed by atoms with Crippen LogP contribution in [-0.2, 0) is 11.3 Å². The van der Waals surface area contributed by atoms with E-state index in [9.17, 15) is 4.79 Å². The molecule has 2 aromatic carbocycles. The van der Waals surface area contributed by atoms with Crippen LogP contribution in [0.1, 0.15) is 12.8 Å². The van der Waals surface area contributed by atoms with Crippen molar-refractivity contribution in [3.63, 3.8) is 0 Å². The largest absolute Gasteiger partial charge is 0.376 e. The lowest BCUT2D eigenvalue weighted by molar-refractivity contribution is 0.0966. The van der Waals surface area contributed by atoms with E-state index in [1.807, 2.05) is 54.6 Å². The van der Waals surface area contributed by atoms with Crippen molar-refractivity contribution in [2.75, 3.05) is 12.3 Å². The highest BCUT2D eigenvalue weighted by molar-refractivity contribution is 5.98. The number of ether oxygens (including phenoxy) is 1. The normalized spacial score (nSPS) is 16.2. The first-order valence-electron chi connectivity index (χ1n) is 10.1. The van der Waals surface area contributed by atoms with Crippen molar-refractivity contribution in [1.29, 1.82) is 0 Å². The maximum Gasteiger partial charge on any atom is 0.263 e. The van der Waals surface area contributed by atoms with E-state index >= 15 is 0 Å². The summed E-state index contributed by atoms with van der Waals surface area (Å²) in [6.45, 7) is 1.14. The smallest absolute Gasteiger partial charge is 0.263 e. The van der Waals surface area contributed by atoms with Gasteiger partial charge in [0.05, 0.1) is 23.6 Å². The molecule has 2 aromatic heterocycles. The first-order chi connectivity index (χ1) is 14.7. The van der Waals surface area contributed by atoms with E-state index in [1.165, 1.54) is 0 Å². The van der Waals surface area contributed by atoms with Crippen molar-refractivity contribution in [2.24, 2.45) is 0 Å². The molecule has 3 heterocycles. The Bertz CT molecular complexity index is 1250. The summed E-state index contributed by atoms with van der Waals surface area (Å²) in [5.41, 5.74) is 10.4. The Kier molecular flexibility index (Phi) is 4.77. The molecule has 1 saturated heterocycles. The van der Waals surface area contributed by atoms with Gasteiger partial charge in [0.15, 0.2) is 0 Å². The van der Waals surface area contributed by atoms with E-state index in [0.717, 1.165) is 41.7 Å². The molecule has 4 aromatic rings. The van der Waals surface area contributed by atoms with E-state index < -0.39 is 0 Å². The van der Waals surface area contributed by atoms with Crippen molar-refractivity contribution in [2.45, 2.75) is 25.5 Å². The number of nitrogens with zero attached hydrogens (tertiary/aromatic N) is 3. The fourth-order valence-corrected chi connectivity index (χ4v) is 4.08. The number of rotatable bonds is 4. The fourth-order valence-electron chi connectivity index (χ4n) is 4.08. The maximum atomic E-state index is 13.5. The molecule has 150 valence electrons. The van der Waals surface area contributed by atoms with Crippen LogP contribution in [0.3, 0.4) is 0 Å². The van der Waals surface area contributed by atoms with Crippen molar-refractivity contribution >= 4 is 16.9 Å². The molecule has 0 amide bonds. The van der Waals surface area contributed by atoms with Gasteiger partial charge in [0, 0.05) is 24.6 Å². The molecule has 30 heavy (non-hydrogen) atoms. The number of benzene rings is 2. The summed E-state index contributed by atoms with van der Waals surface area (Å²) < 4.78 is 7.26. The zero-order valence-corrected chi connectivity index (χ0v) is 16.5. The number of anilines is 1. The number of nitrogens with two attached hydrogens (primary N) is 1. The first-order valence-corrected chi connectivity index (χ1v) is 10.1. The molecule has 0 saturated carbocycles. The van der Waals surface area contributed by atoms with Crippen molar-refractivity contribution in [3.05, 3.63) is 77.3 Å². The van der Waals surface area contributed by atoms with E-state index in [1.54, 1.807) is 17.0 Å². The number of hydrogen-bond acceptors (Lipinski definition) is 5. The van der Waals surface area contributed by atoms with Gasteiger partial charge in [-0.05, 0) is 47.7 Å². The van der Waals surface area contributed by atoms with E-state index in [-0.39, 0.29) is 17.6 Å². The van der Waals surface area contributed by atoms with Gasteiger partial charge < -0.3 is 10.5 Å². The summed E-state index contributed by atoms with van der Waals surface area (Å²) in [5, 5.41) is 0.551. The first kappa shape index (κ1) is 18.5. The Labute approximate surface area is 174 Å². The minimum atomic E-state index is -0.147. The fraction of sp³-hybridized carbons (Fsp3) is 0.208. The van der Waals surface area contributed by atoms with Gasteiger partial charge in [-0.2, -0.15) is 0 Å². The zero-order valence-electron chi connectivity index (χ0n) is 16.5. The van der Waals surface area contributed by atoms with Gasteiger partial charge in [0.2, 0.25) is 5.95 Å². The predicted octanol–water partition coefficient (Wildman–Crippen LogP) is 3.89. The molecule has 1 aliphatic rings. The van der Waals surface area contributed by atoms with Crippen molar-refractivity contribution < 1.29 is 4.74 Å². The average molecular weight is 398 g/mol. The maximum absolute atomic E-state index is 13.5. The highest BCUT2D eigenvalue weighted by Crippen LogP contribution is 2.32. The minimum Gasteiger partial charge on any atom is -0.376 e. The minimum absolute atomic E-state index is 0.00492. The highest BCUT2D eigenvalue weighted by Gasteiger charge is 2.21. The number of hydrogen-bond donors (Lipinski definition) is 1. The summed E-state index contributed by atoms with van der Waals surface area (Å²) in [7, 11) is 0. The Hall–Kier alpha value is -3.51. The van der Waals surface area contributed by atoms with Gasteiger partial charge in [-0.15, -0.1) is 0 Å². The Morgan fingerprint density at radius 3 is 2.63 bits per heavy atom. The average Bonchev–Trinajstić information content (AvgIpc) is 3.30. The molecule has 0 spiro atoms. The summed E-state index contributed by atoms with van der Waals surface area (Å²) in [5.74, 6) is 0.213.